The van der Waals surface area contributed by atoms with Gasteiger partial charge in [0.25, 0.3) is 0 Å². The van der Waals surface area contributed by atoms with Crippen LogP contribution in [0.15, 0.2) is 29.2 Å². The van der Waals surface area contributed by atoms with E-state index in [0.717, 1.165) is 5.56 Å². The van der Waals surface area contributed by atoms with Gasteiger partial charge in [0.2, 0.25) is 15.9 Å². The maximum atomic E-state index is 12.5. The molecule has 0 N–H and O–H groups in total. The number of alkyl halides is 1. The number of nitrogens with zero attached hydrogens (tertiary/aromatic N) is 2. The number of sulfonamides is 1. The van der Waals surface area contributed by atoms with Crippen molar-refractivity contribution in [2.24, 2.45) is 0 Å². The molecule has 0 aromatic heterocycles. The van der Waals surface area contributed by atoms with Gasteiger partial charge in [0.05, 0.1) is 4.90 Å². The van der Waals surface area contributed by atoms with E-state index in [9.17, 15) is 13.2 Å². The van der Waals surface area contributed by atoms with Crippen LogP contribution >= 0.6 is 11.6 Å². The van der Waals surface area contributed by atoms with Gasteiger partial charge in [0, 0.05) is 26.2 Å². The van der Waals surface area contributed by atoms with Gasteiger partial charge in [-0.05, 0) is 26.0 Å². The number of hydrogen-bond donors (Lipinski definition) is 0. The van der Waals surface area contributed by atoms with Crippen molar-refractivity contribution in [3.05, 3.63) is 29.8 Å². The molecular weight excluding hydrogens is 312 g/mol. The fourth-order valence-corrected chi connectivity index (χ4v) is 3.82. The second kappa shape index (κ2) is 6.34. The molecule has 5 nitrogen and oxygen atoms in total. The molecule has 0 saturated carbocycles. The van der Waals surface area contributed by atoms with Crippen molar-refractivity contribution < 1.29 is 13.2 Å². The minimum atomic E-state index is -3.49. The average molecular weight is 331 g/mol. The second-order valence-electron chi connectivity index (χ2n) is 5.16. The number of aryl methyl sites for hydroxylation is 1. The van der Waals surface area contributed by atoms with Crippen molar-refractivity contribution in [1.82, 2.24) is 9.21 Å². The van der Waals surface area contributed by atoms with Crippen LogP contribution in [-0.2, 0) is 14.8 Å². The Hall–Kier alpha value is -1.11. The maximum absolute atomic E-state index is 12.5. The normalized spacial score (nSPS) is 18.5. The predicted octanol–water partition coefficient (Wildman–Crippen LogP) is 1.46. The van der Waals surface area contributed by atoms with Crippen molar-refractivity contribution in [3.63, 3.8) is 0 Å². The van der Waals surface area contributed by atoms with Gasteiger partial charge in [0.1, 0.15) is 5.38 Å². The summed E-state index contributed by atoms with van der Waals surface area (Å²) in [7, 11) is -3.49. The zero-order valence-electron chi connectivity index (χ0n) is 12.1. The van der Waals surface area contributed by atoms with E-state index in [2.05, 4.69) is 0 Å². The highest BCUT2D eigenvalue weighted by Gasteiger charge is 2.30. The van der Waals surface area contributed by atoms with Crippen molar-refractivity contribution in [2.45, 2.75) is 24.1 Å². The van der Waals surface area contributed by atoms with E-state index in [-0.39, 0.29) is 5.91 Å². The highest BCUT2D eigenvalue weighted by molar-refractivity contribution is 7.89. The first-order valence-corrected chi connectivity index (χ1v) is 8.69. The van der Waals surface area contributed by atoms with Crippen LogP contribution in [0.5, 0.6) is 0 Å². The van der Waals surface area contributed by atoms with Gasteiger partial charge in [-0.15, -0.1) is 11.6 Å². The van der Waals surface area contributed by atoms with E-state index in [1.54, 1.807) is 36.1 Å². The molecule has 1 fully saturated rings. The van der Waals surface area contributed by atoms with E-state index < -0.39 is 15.4 Å². The largest absolute Gasteiger partial charge is 0.339 e. The summed E-state index contributed by atoms with van der Waals surface area (Å²) in [6.07, 6.45) is 0. The standard InChI is InChI=1S/C14H19ClN2O3S/c1-11-3-5-13(6-4-11)21(19,20)17-9-7-16(8-10-17)14(18)12(2)15/h3-6,12H,7-10H2,1-2H3/t12-/m0/s1. The van der Waals surface area contributed by atoms with Crippen molar-refractivity contribution in [3.8, 4) is 0 Å². The summed E-state index contributed by atoms with van der Waals surface area (Å²) in [5, 5.41) is -0.578. The Morgan fingerprint density at radius 2 is 1.67 bits per heavy atom. The molecule has 0 unspecified atom stereocenters. The highest BCUT2D eigenvalue weighted by Crippen LogP contribution is 2.18. The summed E-state index contributed by atoms with van der Waals surface area (Å²) >= 11 is 5.78. The maximum Gasteiger partial charge on any atom is 0.243 e. The molecule has 1 heterocycles. The van der Waals surface area contributed by atoms with Crippen LogP contribution in [0.1, 0.15) is 12.5 Å². The average Bonchev–Trinajstić information content (AvgIpc) is 2.47. The number of carbonyl (C=O) groups excluding carboxylic acids is 1. The first-order chi connectivity index (χ1) is 9.82. The van der Waals surface area contributed by atoms with E-state index in [1.807, 2.05) is 6.92 Å². The van der Waals surface area contributed by atoms with Gasteiger partial charge in [-0.1, -0.05) is 17.7 Å². The molecule has 0 radical (unpaired) electrons. The second-order valence-corrected chi connectivity index (χ2v) is 7.75. The summed E-state index contributed by atoms with van der Waals surface area (Å²) in [6, 6.07) is 6.79. The molecule has 1 aliphatic heterocycles. The Bertz CT molecular complexity index is 606. The lowest BCUT2D eigenvalue weighted by Crippen LogP contribution is -2.51. The molecule has 1 aromatic carbocycles. The number of carbonyl (C=O) groups is 1. The van der Waals surface area contributed by atoms with Crippen LogP contribution in [0, 0.1) is 6.92 Å². The minimum Gasteiger partial charge on any atom is -0.339 e. The Morgan fingerprint density at radius 1 is 1.14 bits per heavy atom. The summed E-state index contributed by atoms with van der Waals surface area (Å²) in [4.78, 5) is 13.7. The Labute approximate surface area is 130 Å². The van der Waals surface area contributed by atoms with Crippen LogP contribution in [0.2, 0.25) is 0 Å². The summed E-state index contributed by atoms with van der Waals surface area (Å²) < 4.78 is 26.4. The van der Waals surface area contributed by atoms with Crippen molar-refractivity contribution >= 4 is 27.5 Å². The van der Waals surface area contributed by atoms with Gasteiger partial charge >= 0.3 is 0 Å². The third kappa shape index (κ3) is 3.56. The molecule has 116 valence electrons. The quantitative estimate of drug-likeness (QED) is 0.788. The Morgan fingerprint density at radius 3 is 2.14 bits per heavy atom. The van der Waals surface area contributed by atoms with Crippen molar-refractivity contribution in [1.29, 1.82) is 0 Å². The van der Waals surface area contributed by atoms with Gasteiger partial charge < -0.3 is 4.90 Å². The smallest absolute Gasteiger partial charge is 0.243 e. The minimum absolute atomic E-state index is 0.149. The number of benzene rings is 1. The van der Waals surface area contributed by atoms with Gasteiger partial charge in [-0.2, -0.15) is 4.31 Å². The first kappa shape index (κ1) is 16.3. The van der Waals surface area contributed by atoms with Crippen LogP contribution in [0.25, 0.3) is 0 Å². The molecule has 1 aromatic rings. The highest BCUT2D eigenvalue weighted by atomic mass is 35.5. The van der Waals surface area contributed by atoms with Crippen LogP contribution in [0.4, 0.5) is 0 Å². The lowest BCUT2D eigenvalue weighted by Gasteiger charge is -2.34. The molecule has 7 heteroatoms. The summed E-state index contributed by atoms with van der Waals surface area (Å²) in [6.45, 7) is 4.88. The van der Waals surface area contributed by atoms with E-state index in [1.165, 1.54) is 4.31 Å². The van der Waals surface area contributed by atoms with E-state index in [0.29, 0.717) is 31.1 Å². The van der Waals surface area contributed by atoms with Crippen LogP contribution in [-0.4, -0.2) is 55.1 Å². The Kier molecular flexibility index (Phi) is 4.91. The van der Waals surface area contributed by atoms with Gasteiger partial charge in [-0.3, -0.25) is 4.79 Å². The van der Waals surface area contributed by atoms with Crippen LogP contribution < -0.4 is 0 Å². The first-order valence-electron chi connectivity index (χ1n) is 6.82. The summed E-state index contributed by atoms with van der Waals surface area (Å²) in [5.41, 5.74) is 1.01. The topological polar surface area (TPSA) is 57.7 Å². The number of rotatable bonds is 3. The molecule has 21 heavy (non-hydrogen) atoms. The number of piperazine rings is 1. The van der Waals surface area contributed by atoms with E-state index in [4.69, 9.17) is 11.6 Å². The third-order valence-electron chi connectivity index (χ3n) is 3.55. The monoisotopic (exact) mass is 330 g/mol. The SMILES string of the molecule is Cc1ccc(S(=O)(=O)N2CCN(C(=O)[C@H](C)Cl)CC2)cc1. The predicted molar refractivity (Wildman–Crippen MR) is 81.8 cm³/mol. The fraction of sp³-hybridized carbons (Fsp3) is 0.500. The van der Waals surface area contributed by atoms with Crippen molar-refractivity contribution in [2.75, 3.05) is 26.2 Å². The molecule has 1 amide bonds. The zero-order chi connectivity index (χ0) is 15.6. The van der Waals surface area contributed by atoms with Gasteiger partial charge in [0.15, 0.2) is 0 Å². The van der Waals surface area contributed by atoms with Crippen LogP contribution in [0.3, 0.4) is 0 Å². The molecule has 0 spiro atoms. The molecule has 1 atom stereocenters. The molecule has 0 aliphatic carbocycles. The summed E-state index contributed by atoms with van der Waals surface area (Å²) in [5.74, 6) is -0.149. The van der Waals surface area contributed by atoms with Gasteiger partial charge in [-0.25, -0.2) is 8.42 Å². The molecular formula is C14H19ClN2O3S. The lowest BCUT2D eigenvalue weighted by molar-refractivity contribution is -0.131. The Balaban J connectivity index is 2.07. The number of hydrogen-bond acceptors (Lipinski definition) is 3. The third-order valence-corrected chi connectivity index (χ3v) is 5.65. The lowest BCUT2D eigenvalue weighted by atomic mass is 10.2. The fourth-order valence-electron chi connectivity index (χ4n) is 2.26. The number of amides is 1. The molecule has 1 saturated heterocycles. The molecule has 1 aliphatic rings. The van der Waals surface area contributed by atoms with E-state index >= 15 is 0 Å². The number of halogens is 1. The molecule has 2 rings (SSSR count). The zero-order valence-corrected chi connectivity index (χ0v) is 13.7. The molecule has 0 bridgehead atoms.